The average molecular weight is 262 g/mol. The van der Waals surface area contributed by atoms with Crippen LogP contribution in [0.1, 0.15) is 29.5 Å². The molecule has 4 heteroatoms. The summed E-state index contributed by atoms with van der Waals surface area (Å²) in [6.45, 7) is 8.05. The molecule has 1 fully saturated rings. The van der Waals surface area contributed by atoms with Crippen LogP contribution in [0.4, 0.5) is 4.79 Å². The van der Waals surface area contributed by atoms with Gasteiger partial charge in [-0.15, -0.1) is 0 Å². The highest BCUT2D eigenvalue weighted by molar-refractivity contribution is 5.74. The third-order valence-electron chi connectivity index (χ3n) is 3.71. The van der Waals surface area contributed by atoms with E-state index in [0.717, 1.165) is 42.8 Å². The van der Waals surface area contributed by atoms with E-state index in [4.69, 9.17) is 4.74 Å². The molecule has 0 unspecified atom stereocenters. The number of rotatable bonds is 3. The van der Waals surface area contributed by atoms with Crippen molar-refractivity contribution in [1.29, 1.82) is 0 Å². The average Bonchev–Trinajstić information content (AvgIpc) is 2.92. The van der Waals surface area contributed by atoms with Gasteiger partial charge in [-0.1, -0.05) is 12.1 Å². The summed E-state index contributed by atoms with van der Waals surface area (Å²) in [6, 6.07) is 4.10. The van der Waals surface area contributed by atoms with Crippen molar-refractivity contribution in [3.05, 3.63) is 28.8 Å². The molecule has 4 nitrogen and oxygen atoms in total. The Morgan fingerprint density at radius 2 is 1.84 bits per heavy atom. The van der Waals surface area contributed by atoms with Crippen molar-refractivity contribution >= 4 is 6.03 Å². The normalized spacial score (nSPS) is 14.6. The smallest absolute Gasteiger partial charge is 0.320 e. The predicted molar refractivity (Wildman–Crippen MR) is 75.5 cm³/mol. The summed E-state index contributed by atoms with van der Waals surface area (Å²) in [5.74, 6) is 0.877. The number of amides is 2. The van der Waals surface area contributed by atoms with Gasteiger partial charge in [0.25, 0.3) is 0 Å². The zero-order valence-corrected chi connectivity index (χ0v) is 12.0. The Labute approximate surface area is 114 Å². The molecule has 1 aliphatic rings. The monoisotopic (exact) mass is 262 g/mol. The number of carbonyl (C=O) groups is 1. The molecular formula is C15H22N2O2. The Morgan fingerprint density at radius 3 is 2.53 bits per heavy atom. The van der Waals surface area contributed by atoms with Crippen LogP contribution in [0.5, 0.6) is 5.75 Å². The number of benzene rings is 1. The molecule has 1 aromatic rings. The van der Waals surface area contributed by atoms with Gasteiger partial charge in [0, 0.05) is 13.1 Å². The lowest BCUT2D eigenvalue weighted by Crippen LogP contribution is -2.39. The first-order chi connectivity index (χ1) is 9.09. The highest BCUT2D eigenvalue weighted by atomic mass is 16.5. The van der Waals surface area contributed by atoms with Crippen molar-refractivity contribution in [3.8, 4) is 5.75 Å². The van der Waals surface area contributed by atoms with Gasteiger partial charge in [-0.05, 0) is 50.3 Å². The maximum Gasteiger partial charge on any atom is 0.320 e. The van der Waals surface area contributed by atoms with Crippen LogP contribution >= 0.6 is 0 Å². The first-order valence-corrected chi connectivity index (χ1v) is 6.82. The van der Waals surface area contributed by atoms with Crippen molar-refractivity contribution in [2.24, 2.45) is 0 Å². The molecule has 1 N–H and O–H groups in total. The van der Waals surface area contributed by atoms with E-state index in [-0.39, 0.29) is 12.8 Å². The van der Waals surface area contributed by atoms with Crippen molar-refractivity contribution < 1.29 is 9.53 Å². The van der Waals surface area contributed by atoms with Gasteiger partial charge in [0.2, 0.25) is 0 Å². The third kappa shape index (κ3) is 3.19. The number of urea groups is 1. The minimum atomic E-state index is -0.0274. The summed E-state index contributed by atoms with van der Waals surface area (Å²) in [7, 11) is 0. The Morgan fingerprint density at radius 1 is 1.21 bits per heavy atom. The molecule has 1 aliphatic heterocycles. The van der Waals surface area contributed by atoms with Gasteiger partial charge >= 0.3 is 6.03 Å². The zero-order chi connectivity index (χ0) is 13.8. The van der Waals surface area contributed by atoms with Gasteiger partial charge in [-0.2, -0.15) is 0 Å². The predicted octanol–water partition coefficient (Wildman–Crippen LogP) is 2.75. The SMILES string of the molecule is Cc1ccc(C)c(OCNC(=O)N2CCCC2)c1C. The number of carbonyl (C=O) groups excluding carboxylic acids is 1. The number of ether oxygens (including phenoxy) is 1. The van der Waals surface area contributed by atoms with Crippen LogP contribution in [0.25, 0.3) is 0 Å². The van der Waals surface area contributed by atoms with Gasteiger partial charge in [-0.3, -0.25) is 0 Å². The number of hydrogen-bond donors (Lipinski definition) is 1. The maximum atomic E-state index is 11.8. The van der Waals surface area contributed by atoms with Crippen LogP contribution in [-0.4, -0.2) is 30.8 Å². The van der Waals surface area contributed by atoms with Gasteiger partial charge < -0.3 is 15.0 Å². The fraction of sp³-hybridized carbons (Fsp3) is 0.533. The summed E-state index contributed by atoms with van der Waals surface area (Å²) in [6.07, 6.45) is 2.20. The molecule has 2 amide bonds. The minimum Gasteiger partial charge on any atom is -0.473 e. The van der Waals surface area contributed by atoms with Gasteiger partial charge in [0.15, 0.2) is 6.73 Å². The molecule has 104 valence electrons. The fourth-order valence-corrected chi connectivity index (χ4v) is 2.35. The summed E-state index contributed by atoms with van der Waals surface area (Å²) in [5.41, 5.74) is 3.43. The lowest BCUT2D eigenvalue weighted by atomic mass is 10.1. The molecule has 0 aromatic heterocycles. The fourth-order valence-electron chi connectivity index (χ4n) is 2.35. The number of likely N-dealkylation sites (tertiary alicyclic amines) is 1. The highest BCUT2D eigenvalue weighted by Gasteiger charge is 2.17. The van der Waals surface area contributed by atoms with Crippen LogP contribution in [0.3, 0.4) is 0 Å². The van der Waals surface area contributed by atoms with E-state index in [0.29, 0.717) is 0 Å². The highest BCUT2D eigenvalue weighted by Crippen LogP contribution is 2.25. The second kappa shape index (κ2) is 5.95. The molecule has 0 spiro atoms. The quantitative estimate of drug-likeness (QED) is 0.851. The third-order valence-corrected chi connectivity index (χ3v) is 3.71. The molecule has 0 aliphatic carbocycles. The molecule has 1 heterocycles. The van der Waals surface area contributed by atoms with E-state index in [1.165, 1.54) is 5.56 Å². The Balaban J connectivity index is 1.89. The Hall–Kier alpha value is -1.71. The van der Waals surface area contributed by atoms with E-state index in [9.17, 15) is 4.79 Å². The van der Waals surface area contributed by atoms with Crippen LogP contribution < -0.4 is 10.1 Å². The van der Waals surface area contributed by atoms with Crippen molar-refractivity contribution in [2.75, 3.05) is 19.8 Å². The van der Waals surface area contributed by atoms with E-state index in [2.05, 4.69) is 18.3 Å². The Kier molecular flexibility index (Phi) is 4.30. The first kappa shape index (κ1) is 13.7. The van der Waals surface area contributed by atoms with Gasteiger partial charge in [0.05, 0.1) is 0 Å². The van der Waals surface area contributed by atoms with Gasteiger partial charge in [-0.25, -0.2) is 4.79 Å². The van der Waals surface area contributed by atoms with Crippen LogP contribution in [0, 0.1) is 20.8 Å². The molecule has 1 aromatic carbocycles. The zero-order valence-electron chi connectivity index (χ0n) is 12.0. The largest absolute Gasteiger partial charge is 0.473 e. The summed E-state index contributed by atoms with van der Waals surface area (Å²) in [4.78, 5) is 13.6. The second-order valence-corrected chi connectivity index (χ2v) is 5.12. The van der Waals surface area contributed by atoms with E-state index < -0.39 is 0 Å². The molecule has 0 saturated carbocycles. The maximum absolute atomic E-state index is 11.8. The topological polar surface area (TPSA) is 41.6 Å². The minimum absolute atomic E-state index is 0.0274. The summed E-state index contributed by atoms with van der Waals surface area (Å²) < 4.78 is 5.72. The molecule has 0 bridgehead atoms. The first-order valence-electron chi connectivity index (χ1n) is 6.82. The molecular weight excluding hydrogens is 240 g/mol. The van der Waals surface area contributed by atoms with Gasteiger partial charge in [0.1, 0.15) is 5.75 Å². The Bertz CT molecular complexity index is 465. The van der Waals surface area contributed by atoms with E-state index >= 15 is 0 Å². The standard InChI is InChI=1S/C15H22N2O2/c1-11-6-7-12(2)14(13(11)3)19-10-16-15(18)17-8-4-5-9-17/h6-7H,4-5,8-10H2,1-3H3,(H,16,18). The molecule has 1 saturated heterocycles. The molecule has 0 atom stereocenters. The number of nitrogens with zero attached hydrogens (tertiary/aromatic N) is 1. The summed E-state index contributed by atoms with van der Waals surface area (Å²) in [5, 5.41) is 2.81. The van der Waals surface area contributed by atoms with E-state index in [1.807, 2.05) is 24.8 Å². The number of aryl methyl sites for hydroxylation is 2. The molecule has 19 heavy (non-hydrogen) atoms. The number of nitrogens with one attached hydrogen (secondary N) is 1. The second-order valence-electron chi connectivity index (χ2n) is 5.12. The van der Waals surface area contributed by atoms with E-state index in [1.54, 1.807) is 0 Å². The summed E-state index contributed by atoms with van der Waals surface area (Å²) >= 11 is 0. The van der Waals surface area contributed by atoms with Crippen LogP contribution in [-0.2, 0) is 0 Å². The van der Waals surface area contributed by atoms with Crippen molar-refractivity contribution in [2.45, 2.75) is 33.6 Å². The van der Waals surface area contributed by atoms with Crippen molar-refractivity contribution in [1.82, 2.24) is 10.2 Å². The molecule has 2 rings (SSSR count). The van der Waals surface area contributed by atoms with Crippen LogP contribution in [0.15, 0.2) is 12.1 Å². The lowest BCUT2D eigenvalue weighted by molar-refractivity contribution is 0.193. The number of hydrogen-bond acceptors (Lipinski definition) is 2. The molecule has 0 radical (unpaired) electrons. The van der Waals surface area contributed by atoms with Crippen molar-refractivity contribution in [3.63, 3.8) is 0 Å². The van der Waals surface area contributed by atoms with Crippen LogP contribution in [0.2, 0.25) is 0 Å². The lowest BCUT2D eigenvalue weighted by Gasteiger charge is -2.18.